The first-order chi connectivity index (χ1) is 4.56. The van der Waals surface area contributed by atoms with Gasteiger partial charge in [-0.1, -0.05) is 0 Å². The lowest BCUT2D eigenvalue weighted by Crippen LogP contribution is -2.26. The minimum Gasteiger partial charge on any atom is -0.388 e. The third kappa shape index (κ3) is 7.88. The largest absolute Gasteiger partial charge is 0.388 e. The average Bonchev–Trinajstić information content (AvgIpc) is 1.78. The van der Waals surface area contributed by atoms with E-state index >= 15 is 0 Å². The molecule has 0 saturated carbocycles. The SMILES string of the molecule is COCCOCC(C)(C)O. The molecule has 0 radical (unpaired) electrons. The minimum atomic E-state index is -0.728. The highest BCUT2D eigenvalue weighted by molar-refractivity contribution is 4.62. The van der Waals surface area contributed by atoms with Crippen molar-refractivity contribution in [2.45, 2.75) is 19.4 Å². The highest BCUT2D eigenvalue weighted by Gasteiger charge is 2.11. The van der Waals surface area contributed by atoms with Gasteiger partial charge in [0, 0.05) is 7.11 Å². The molecule has 0 aliphatic carbocycles. The smallest absolute Gasteiger partial charge is 0.0824 e. The maximum Gasteiger partial charge on any atom is 0.0824 e. The van der Waals surface area contributed by atoms with Crippen molar-refractivity contribution in [1.29, 1.82) is 0 Å². The van der Waals surface area contributed by atoms with E-state index in [1.807, 2.05) is 0 Å². The minimum absolute atomic E-state index is 0.357. The fraction of sp³-hybridized carbons (Fsp3) is 1.00. The molecule has 0 aromatic carbocycles. The molecule has 0 bridgehead atoms. The number of hydrogen-bond donors (Lipinski definition) is 1. The standard InChI is InChI=1S/C7H16O3/c1-7(2,8)6-10-5-4-9-3/h8H,4-6H2,1-3H3. The van der Waals surface area contributed by atoms with Crippen LogP contribution in [0.15, 0.2) is 0 Å². The lowest BCUT2D eigenvalue weighted by atomic mass is 10.2. The zero-order valence-electron chi connectivity index (χ0n) is 6.89. The predicted molar refractivity (Wildman–Crippen MR) is 39.0 cm³/mol. The second kappa shape index (κ2) is 4.66. The van der Waals surface area contributed by atoms with Crippen LogP contribution in [0.1, 0.15) is 13.8 Å². The van der Waals surface area contributed by atoms with E-state index in [4.69, 9.17) is 14.6 Å². The highest BCUT2D eigenvalue weighted by atomic mass is 16.5. The van der Waals surface area contributed by atoms with E-state index in [1.54, 1.807) is 21.0 Å². The molecule has 1 N–H and O–H groups in total. The Balaban J connectivity index is 3.04. The summed E-state index contributed by atoms with van der Waals surface area (Å²) in [5.74, 6) is 0. The lowest BCUT2D eigenvalue weighted by molar-refractivity contribution is -0.0328. The van der Waals surface area contributed by atoms with E-state index in [-0.39, 0.29) is 0 Å². The zero-order valence-corrected chi connectivity index (χ0v) is 6.89. The van der Waals surface area contributed by atoms with Crippen LogP contribution in [0.2, 0.25) is 0 Å². The molecule has 0 fully saturated rings. The molecule has 0 heterocycles. The van der Waals surface area contributed by atoms with Gasteiger partial charge in [0.2, 0.25) is 0 Å². The number of methoxy groups -OCH3 is 1. The van der Waals surface area contributed by atoms with Crippen LogP contribution < -0.4 is 0 Å². The van der Waals surface area contributed by atoms with Gasteiger partial charge in [-0.15, -0.1) is 0 Å². The number of aliphatic hydroxyl groups is 1. The van der Waals surface area contributed by atoms with Crippen LogP contribution >= 0.6 is 0 Å². The van der Waals surface area contributed by atoms with E-state index in [2.05, 4.69) is 0 Å². The van der Waals surface area contributed by atoms with Crippen molar-refractivity contribution >= 4 is 0 Å². The summed E-state index contributed by atoms with van der Waals surface area (Å²) in [5.41, 5.74) is -0.728. The maximum atomic E-state index is 9.15. The Bertz CT molecular complexity index is 75.4. The van der Waals surface area contributed by atoms with Gasteiger partial charge in [-0.05, 0) is 13.8 Å². The molecule has 0 saturated heterocycles. The first kappa shape index (κ1) is 9.88. The molecule has 10 heavy (non-hydrogen) atoms. The van der Waals surface area contributed by atoms with Crippen molar-refractivity contribution in [1.82, 2.24) is 0 Å². The summed E-state index contributed by atoms with van der Waals surface area (Å²) in [5, 5.41) is 9.15. The second-order valence-electron chi connectivity index (χ2n) is 2.86. The van der Waals surface area contributed by atoms with E-state index in [1.165, 1.54) is 0 Å². The summed E-state index contributed by atoms with van der Waals surface area (Å²) in [6, 6.07) is 0. The Morgan fingerprint density at radius 3 is 2.30 bits per heavy atom. The summed E-state index contributed by atoms with van der Waals surface area (Å²) >= 11 is 0. The number of rotatable bonds is 5. The predicted octanol–water partition coefficient (Wildman–Crippen LogP) is 0.420. The third-order valence-electron chi connectivity index (χ3n) is 0.887. The molecule has 0 aromatic rings. The second-order valence-corrected chi connectivity index (χ2v) is 2.86. The summed E-state index contributed by atoms with van der Waals surface area (Å²) in [6.45, 7) is 4.90. The van der Waals surface area contributed by atoms with Crippen LogP contribution in [-0.2, 0) is 9.47 Å². The van der Waals surface area contributed by atoms with Crippen molar-refractivity contribution in [2.24, 2.45) is 0 Å². The summed E-state index contributed by atoms with van der Waals surface area (Å²) in [6.07, 6.45) is 0. The van der Waals surface area contributed by atoms with Crippen molar-refractivity contribution in [3.05, 3.63) is 0 Å². The molecule has 0 atom stereocenters. The van der Waals surface area contributed by atoms with Crippen molar-refractivity contribution in [3.8, 4) is 0 Å². The van der Waals surface area contributed by atoms with Crippen LogP contribution in [0.25, 0.3) is 0 Å². The van der Waals surface area contributed by atoms with Crippen LogP contribution in [0.4, 0.5) is 0 Å². The van der Waals surface area contributed by atoms with Crippen LogP contribution in [0.5, 0.6) is 0 Å². The number of ether oxygens (including phenoxy) is 2. The molecule has 0 aliphatic heterocycles. The molecule has 0 rings (SSSR count). The van der Waals surface area contributed by atoms with Gasteiger partial charge in [0.15, 0.2) is 0 Å². The molecular weight excluding hydrogens is 132 g/mol. The average molecular weight is 148 g/mol. The van der Waals surface area contributed by atoms with E-state index in [0.717, 1.165) is 0 Å². The Hall–Kier alpha value is -0.120. The molecule has 3 nitrogen and oxygen atoms in total. The Kier molecular flexibility index (Phi) is 4.60. The monoisotopic (exact) mass is 148 g/mol. The topological polar surface area (TPSA) is 38.7 Å². The first-order valence-electron chi connectivity index (χ1n) is 3.35. The molecule has 0 unspecified atom stereocenters. The van der Waals surface area contributed by atoms with Gasteiger partial charge < -0.3 is 14.6 Å². The highest BCUT2D eigenvalue weighted by Crippen LogP contribution is 1.99. The molecule has 62 valence electrons. The van der Waals surface area contributed by atoms with Gasteiger partial charge in [-0.3, -0.25) is 0 Å². The maximum absolute atomic E-state index is 9.15. The molecule has 0 amide bonds. The van der Waals surface area contributed by atoms with Gasteiger partial charge in [0.05, 0.1) is 25.4 Å². The molecule has 0 spiro atoms. The Labute approximate surface area is 62.0 Å². The fourth-order valence-corrected chi connectivity index (χ4v) is 0.464. The summed E-state index contributed by atoms with van der Waals surface area (Å²) in [4.78, 5) is 0. The lowest BCUT2D eigenvalue weighted by Gasteiger charge is -2.16. The molecule has 0 aliphatic rings. The van der Waals surface area contributed by atoms with E-state index in [0.29, 0.717) is 19.8 Å². The quantitative estimate of drug-likeness (QED) is 0.574. The Morgan fingerprint density at radius 2 is 1.90 bits per heavy atom. The first-order valence-corrected chi connectivity index (χ1v) is 3.35. The van der Waals surface area contributed by atoms with Gasteiger partial charge >= 0.3 is 0 Å². The van der Waals surface area contributed by atoms with Crippen LogP contribution in [0.3, 0.4) is 0 Å². The van der Waals surface area contributed by atoms with Gasteiger partial charge in [0.25, 0.3) is 0 Å². The van der Waals surface area contributed by atoms with Crippen molar-refractivity contribution in [3.63, 3.8) is 0 Å². The molecular formula is C7H16O3. The third-order valence-corrected chi connectivity index (χ3v) is 0.887. The zero-order chi connectivity index (χ0) is 8.04. The molecule has 0 aromatic heterocycles. The van der Waals surface area contributed by atoms with E-state index in [9.17, 15) is 0 Å². The normalized spacial score (nSPS) is 12.0. The van der Waals surface area contributed by atoms with Gasteiger partial charge in [0.1, 0.15) is 0 Å². The van der Waals surface area contributed by atoms with Crippen molar-refractivity contribution in [2.75, 3.05) is 26.9 Å². The van der Waals surface area contributed by atoms with Gasteiger partial charge in [-0.25, -0.2) is 0 Å². The van der Waals surface area contributed by atoms with Crippen LogP contribution in [0, 0.1) is 0 Å². The fourth-order valence-electron chi connectivity index (χ4n) is 0.464. The van der Waals surface area contributed by atoms with Crippen LogP contribution in [-0.4, -0.2) is 37.6 Å². The van der Waals surface area contributed by atoms with Gasteiger partial charge in [-0.2, -0.15) is 0 Å². The Morgan fingerprint density at radius 1 is 1.30 bits per heavy atom. The van der Waals surface area contributed by atoms with E-state index < -0.39 is 5.60 Å². The van der Waals surface area contributed by atoms with Crippen molar-refractivity contribution < 1.29 is 14.6 Å². The number of hydrogen-bond acceptors (Lipinski definition) is 3. The molecule has 3 heteroatoms. The summed E-state index contributed by atoms with van der Waals surface area (Å²) < 4.78 is 9.81. The summed E-state index contributed by atoms with van der Waals surface area (Å²) in [7, 11) is 1.62.